The fourth-order valence-corrected chi connectivity index (χ4v) is 4.76. The second-order valence-electron chi connectivity index (χ2n) is 8.48. The van der Waals surface area contributed by atoms with Gasteiger partial charge >= 0.3 is 0 Å². The Kier molecular flexibility index (Phi) is 6.44. The number of hydrogen-bond donors (Lipinski definition) is 1. The van der Waals surface area contributed by atoms with E-state index in [1.165, 1.54) is 4.90 Å². The fourth-order valence-electron chi connectivity index (χ4n) is 4.58. The molecule has 0 spiro atoms. The van der Waals surface area contributed by atoms with Crippen LogP contribution in [0.5, 0.6) is 0 Å². The first-order chi connectivity index (χ1) is 14.8. The van der Waals surface area contributed by atoms with Gasteiger partial charge in [-0.3, -0.25) is 4.79 Å². The summed E-state index contributed by atoms with van der Waals surface area (Å²) in [5.74, 6) is -3.44. The van der Waals surface area contributed by atoms with E-state index in [0.29, 0.717) is 37.1 Å². The van der Waals surface area contributed by atoms with Crippen molar-refractivity contribution in [3.8, 4) is 0 Å². The van der Waals surface area contributed by atoms with Crippen LogP contribution in [0.15, 0.2) is 30.3 Å². The van der Waals surface area contributed by atoms with Gasteiger partial charge in [0, 0.05) is 55.6 Å². The Labute approximate surface area is 185 Å². The second kappa shape index (κ2) is 9.09. The Morgan fingerprint density at radius 2 is 1.71 bits per heavy atom. The Morgan fingerprint density at radius 1 is 1.06 bits per heavy atom. The molecule has 2 saturated heterocycles. The van der Waals surface area contributed by atoms with E-state index in [4.69, 9.17) is 11.6 Å². The van der Waals surface area contributed by atoms with Gasteiger partial charge in [0.05, 0.1) is 0 Å². The van der Waals surface area contributed by atoms with Gasteiger partial charge in [-0.1, -0.05) is 17.7 Å². The van der Waals surface area contributed by atoms with Crippen molar-refractivity contribution in [2.24, 2.45) is 11.8 Å². The molecule has 2 heterocycles. The van der Waals surface area contributed by atoms with Crippen molar-refractivity contribution in [2.75, 3.05) is 44.6 Å². The van der Waals surface area contributed by atoms with Gasteiger partial charge in [0.25, 0.3) is 5.91 Å². The molecule has 0 aliphatic carbocycles. The van der Waals surface area contributed by atoms with Crippen molar-refractivity contribution in [1.29, 1.82) is 0 Å². The van der Waals surface area contributed by atoms with Crippen LogP contribution < -0.4 is 5.32 Å². The summed E-state index contributed by atoms with van der Waals surface area (Å²) < 4.78 is 41.0. The summed E-state index contributed by atoms with van der Waals surface area (Å²) in [6.07, 6.45) is 0.972. The highest BCUT2D eigenvalue weighted by Gasteiger charge is 2.42. The molecule has 0 aromatic heterocycles. The number of nitrogens with one attached hydrogen (secondary N) is 1. The van der Waals surface area contributed by atoms with Gasteiger partial charge in [-0.25, -0.2) is 13.2 Å². The predicted molar refractivity (Wildman–Crippen MR) is 115 cm³/mol. The van der Waals surface area contributed by atoms with E-state index in [2.05, 4.69) is 10.2 Å². The maximum absolute atomic E-state index is 14.0. The molecule has 0 saturated carbocycles. The van der Waals surface area contributed by atoms with E-state index in [0.717, 1.165) is 48.9 Å². The number of nitrogens with zero attached hydrogens (tertiary/aromatic N) is 2. The maximum atomic E-state index is 14.0. The van der Waals surface area contributed by atoms with Crippen LogP contribution in [0.1, 0.15) is 22.3 Å². The topological polar surface area (TPSA) is 35.6 Å². The van der Waals surface area contributed by atoms with Crippen LogP contribution in [0.4, 0.5) is 18.9 Å². The van der Waals surface area contributed by atoms with E-state index < -0.39 is 28.9 Å². The van der Waals surface area contributed by atoms with E-state index in [9.17, 15) is 18.0 Å². The SMILES string of the molecule is Cc1ccc(NCCCN2CC3CN(C(=O)c4c(F)cc(F)cc4F)CC3C2)cc1Cl. The van der Waals surface area contributed by atoms with Crippen LogP contribution in [0.2, 0.25) is 5.02 Å². The zero-order valence-electron chi connectivity index (χ0n) is 17.3. The number of amides is 1. The number of likely N-dealkylation sites (tertiary alicyclic amines) is 2. The number of rotatable bonds is 6. The molecule has 1 N–H and O–H groups in total. The van der Waals surface area contributed by atoms with Crippen LogP contribution in [-0.4, -0.2) is 55.0 Å². The van der Waals surface area contributed by atoms with Crippen LogP contribution in [0.25, 0.3) is 0 Å². The highest BCUT2D eigenvalue weighted by Crippen LogP contribution is 2.32. The van der Waals surface area contributed by atoms with Crippen LogP contribution in [0, 0.1) is 36.2 Å². The molecular formula is C23H25ClF3N3O. The quantitative estimate of drug-likeness (QED) is 0.653. The molecule has 166 valence electrons. The highest BCUT2D eigenvalue weighted by atomic mass is 35.5. The molecule has 0 radical (unpaired) electrons. The first-order valence-electron chi connectivity index (χ1n) is 10.5. The number of carbonyl (C=O) groups excluding carboxylic acids is 1. The zero-order valence-corrected chi connectivity index (χ0v) is 18.1. The van der Waals surface area contributed by atoms with Crippen molar-refractivity contribution in [3.05, 3.63) is 63.9 Å². The number of carbonyl (C=O) groups is 1. The molecule has 1 amide bonds. The Morgan fingerprint density at radius 3 is 2.32 bits per heavy atom. The van der Waals surface area contributed by atoms with Crippen LogP contribution in [-0.2, 0) is 0 Å². The first kappa shape index (κ1) is 22.0. The third-order valence-corrected chi connectivity index (χ3v) is 6.63. The molecule has 8 heteroatoms. The second-order valence-corrected chi connectivity index (χ2v) is 8.89. The van der Waals surface area contributed by atoms with E-state index in [1.54, 1.807) is 0 Å². The Bertz CT molecular complexity index is 950. The van der Waals surface area contributed by atoms with Crippen molar-refractivity contribution in [2.45, 2.75) is 13.3 Å². The molecule has 2 aromatic carbocycles. The van der Waals surface area contributed by atoms with Gasteiger partial charge < -0.3 is 15.1 Å². The summed E-state index contributed by atoms with van der Waals surface area (Å²) in [6, 6.07) is 7.03. The van der Waals surface area contributed by atoms with Crippen molar-refractivity contribution >= 4 is 23.2 Å². The van der Waals surface area contributed by atoms with Crippen molar-refractivity contribution in [3.63, 3.8) is 0 Å². The average Bonchev–Trinajstić information content (AvgIpc) is 3.26. The number of halogens is 4. The smallest absolute Gasteiger partial charge is 0.259 e. The molecule has 2 aromatic rings. The van der Waals surface area contributed by atoms with E-state index in [1.807, 2.05) is 25.1 Å². The Hall–Kier alpha value is -2.25. The largest absolute Gasteiger partial charge is 0.385 e. The predicted octanol–water partition coefficient (Wildman–Crippen LogP) is 4.57. The summed E-state index contributed by atoms with van der Waals surface area (Å²) >= 11 is 6.15. The van der Waals surface area contributed by atoms with Gasteiger partial charge in [-0.15, -0.1) is 0 Å². The van der Waals surface area contributed by atoms with Gasteiger partial charge in [-0.05, 0) is 49.4 Å². The number of aryl methyl sites for hydroxylation is 1. The number of fused-ring (bicyclic) bond motifs is 1. The molecule has 2 aliphatic rings. The van der Waals surface area contributed by atoms with Crippen molar-refractivity contribution in [1.82, 2.24) is 9.80 Å². The third kappa shape index (κ3) is 4.83. The lowest BCUT2D eigenvalue weighted by molar-refractivity contribution is 0.0764. The number of benzene rings is 2. The summed E-state index contributed by atoms with van der Waals surface area (Å²) in [7, 11) is 0. The highest BCUT2D eigenvalue weighted by molar-refractivity contribution is 6.31. The minimum Gasteiger partial charge on any atom is -0.385 e. The molecule has 2 fully saturated rings. The molecule has 2 aliphatic heterocycles. The first-order valence-corrected chi connectivity index (χ1v) is 10.9. The van der Waals surface area contributed by atoms with Crippen LogP contribution >= 0.6 is 11.6 Å². The summed E-state index contributed by atoms with van der Waals surface area (Å²) in [5.41, 5.74) is 1.39. The molecular weight excluding hydrogens is 427 g/mol. The lowest BCUT2D eigenvalue weighted by Gasteiger charge is -2.22. The Balaban J connectivity index is 1.24. The lowest BCUT2D eigenvalue weighted by atomic mass is 10.0. The minimum absolute atomic E-state index is 0.291. The average molecular weight is 452 g/mol. The van der Waals surface area contributed by atoms with Gasteiger partial charge in [0.2, 0.25) is 0 Å². The molecule has 2 atom stereocenters. The molecule has 31 heavy (non-hydrogen) atoms. The van der Waals surface area contributed by atoms with Gasteiger partial charge in [0.1, 0.15) is 23.0 Å². The lowest BCUT2D eigenvalue weighted by Crippen LogP contribution is -2.34. The molecule has 0 bridgehead atoms. The fraction of sp³-hybridized carbons (Fsp3) is 0.435. The normalized spacial score (nSPS) is 20.9. The number of anilines is 1. The molecule has 4 rings (SSSR count). The van der Waals surface area contributed by atoms with E-state index >= 15 is 0 Å². The summed E-state index contributed by atoms with van der Waals surface area (Å²) in [6.45, 7) is 6.40. The van der Waals surface area contributed by atoms with Crippen LogP contribution in [0.3, 0.4) is 0 Å². The standard InChI is InChI=1S/C23H25ClF3N3O/c1-14-3-4-18(9-19(14)24)28-5-2-6-29-10-15-12-30(13-16(15)11-29)23(31)22-20(26)7-17(25)8-21(22)27/h3-4,7-9,15-16,28H,2,5-6,10-13H2,1H3. The van der Waals surface area contributed by atoms with Gasteiger partial charge in [-0.2, -0.15) is 0 Å². The van der Waals surface area contributed by atoms with E-state index in [-0.39, 0.29) is 0 Å². The monoisotopic (exact) mass is 451 g/mol. The summed E-state index contributed by atoms with van der Waals surface area (Å²) in [4.78, 5) is 16.5. The van der Waals surface area contributed by atoms with Gasteiger partial charge in [0.15, 0.2) is 0 Å². The maximum Gasteiger partial charge on any atom is 0.259 e. The number of hydrogen-bond acceptors (Lipinski definition) is 3. The minimum atomic E-state index is -1.15. The van der Waals surface area contributed by atoms with Crippen molar-refractivity contribution < 1.29 is 18.0 Å². The molecule has 2 unspecified atom stereocenters. The zero-order chi connectivity index (χ0) is 22.1. The summed E-state index contributed by atoms with van der Waals surface area (Å²) in [5, 5.41) is 4.13. The third-order valence-electron chi connectivity index (χ3n) is 6.22. The molecule has 4 nitrogen and oxygen atoms in total.